The maximum atomic E-state index is 12.3. The largest absolute Gasteiger partial charge is 0.385 e. The molecule has 1 heterocycles. The van der Waals surface area contributed by atoms with Crippen LogP contribution in [0.3, 0.4) is 0 Å². The molecule has 0 bridgehead atoms. The van der Waals surface area contributed by atoms with Crippen molar-refractivity contribution >= 4 is 11.7 Å². The highest BCUT2D eigenvalue weighted by molar-refractivity contribution is 5.89. The van der Waals surface area contributed by atoms with E-state index in [-0.39, 0.29) is 6.03 Å². The zero-order valence-electron chi connectivity index (χ0n) is 13.7. The van der Waals surface area contributed by atoms with Gasteiger partial charge in [-0.3, -0.25) is 0 Å². The number of aryl methyl sites for hydroxylation is 1. The van der Waals surface area contributed by atoms with Gasteiger partial charge in [0.05, 0.1) is 0 Å². The lowest BCUT2D eigenvalue weighted by molar-refractivity contribution is 0.172. The molecule has 1 fully saturated rings. The number of hydrogen-bond donors (Lipinski definition) is 1. The summed E-state index contributed by atoms with van der Waals surface area (Å²) in [7, 11) is 1.74. The van der Waals surface area contributed by atoms with Crippen LogP contribution in [0, 0.1) is 6.92 Å². The SMILES string of the molecule is COCCCN1CCCN(C(=O)Nc2ccc(C)cc2)CC1. The molecule has 1 aromatic rings. The monoisotopic (exact) mass is 305 g/mol. The molecule has 5 heteroatoms. The highest BCUT2D eigenvalue weighted by atomic mass is 16.5. The first-order chi connectivity index (χ1) is 10.7. The summed E-state index contributed by atoms with van der Waals surface area (Å²) in [6, 6.07) is 7.91. The molecule has 0 spiro atoms. The molecule has 1 saturated heterocycles. The first-order valence-electron chi connectivity index (χ1n) is 8.03. The number of benzene rings is 1. The number of nitrogens with zero attached hydrogens (tertiary/aromatic N) is 2. The molecule has 1 aliphatic heterocycles. The summed E-state index contributed by atoms with van der Waals surface area (Å²) in [5.74, 6) is 0. The Kier molecular flexibility index (Phi) is 6.68. The van der Waals surface area contributed by atoms with Crippen LogP contribution in [-0.4, -0.2) is 62.3 Å². The van der Waals surface area contributed by atoms with Crippen LogP contribution in [0.25, 0.3) is 0 Å². The van der Waals surface area contributed by atoms with Crippen molar-refractivity contribution in [2.45, 2.75) is 19.8 Å². The van der Waals surface area contributed by atoms with Crippen molar-refractivity contribution in [2.75, 3.05) is 51.8 Å². The van der Waals surface area contributed by atoms with Crippen LogP contribution < -0.4 is 5.32 Å². The zero-order valence-corrected chi connectivity index (χ0v) is 13.7. The van der Waals surface area contributed by atoms with Gasteiger partial charge >= 0.3 is 6.03 Å². The van der Waals surface area contributed by atoms with Crippen molar-refractivity contribution < 1.29 is 9.53 Å². The number of amides is 2. The smallest absolute Gasteiger partial charge is 0.321 e. The molecule has 2 rings (SSSR count). The number of carbonyl (C=O) groups excluding carboxylic acids is 1. The summed E-state index contributed by atoms with van der Waals surface area (Å²) in [5.41, 5.74) is 2.05. The van der Waals surface area contributed by atoms with E-state index in [1.807, 2.05) is 36.1 Å². The highest BCUT2D eigenvalue weighted by Gasteiger charge is 2.18. The lowest BCUT2D eigenvalue weighted by Crippen LogP contribution is -2.38. The van der Waals surface area contributed by atoms with Gasteiger partial charge in [-0.15, -0.1) is 0 Å². The molecule has 0 saturated carbocycles. The molecular formula is C17H27N3O2. The van der Waals surface area contributed by atoms with Gasteiger partial charge in [-0.05, 0) is 38.4 Å². The Hall–Kier alpha value is -1.59. The van der Waals surface area contributed by atoms with Gasteiger partial charge in [0.1, 0.15) is 0 Å². The van der Waals surface area contributed by atoms with Crippen molar-refractivity contribution in [1.29, 1.82) is 0 Å². The molecule has 22 heavy (non-hydrogen) atoms. The van der Waals surface area contributed by atoms with E-state index in [2.05, 4.69) is 10.2 Å². The van der Waals surface area contributed by atoms with Crippen molar-refractivity contribution in [3.63, 3.8) is 0 Å². The third-order valence-electron chi connectivity index (χ3n) is 4.00. The fourth-order valence-electron chi connectivity index (χ4n) is 2.67. The molecular weight excluding hydrogens is 278 g/mol. The van der Waals surface area contributed by atoms with E-state index >= 15 is 0 Å². The summed E-state index contributed by atoms with van der Waals surface area (Å²) in [4.78, 5) is 16.7. The molecule has 0 unspecified atom stereocenters. The van der Waals surface area contributed by atoms with Gasteiger partial charge in [-0.25, -0.2) is 4.79 Å². The number of hydrogen-bond acceptors (Lipinski definition) is 3. The van der Waals surface area contributed by atoms with E-state index in [9.17, 15) is 4.79 Å². The van der Waals surface area contributed by atoms with Gasteiger partial charge in [-0.1, -0.05) is 17.7 Å². The van der Waals surface area contributed by atoms with E-state index in [0.29, 0.717) is 0 Å². The minimum atomic E-state index is 0.00240. The summed E-state index contributed by atoms with van der Waals surface area (Å²) in [5, 5.41) is 2.98. The Bertz CT molecular complexity index is 461. The quantitative estimate of drug-likeness (QED) is 0.850. The number of rotatable bonds is 5. The molecule has 0 atom stereocenters. The molecule has 1 aromatic carbocycles. The first kappa shape index (κ1) is 16.8. The minimum Gasteiger partial charge on any atom is -0.385 e. The Morgan fingerprint density at radius 1 is 1.18 bits per heavy atom. The molecule has 0 aromatic heterocycles. The second-order valence-electron chi connectivity index (χ2n) is 5.82. The van der Waals surface area contributed by atoms with Crippen LogP contribution in [-0.2, 0) is 4.74 Å². The van der Waals surface area contributed by atoms with Gasteiger partial charge in [0.25, 0.3) is 0 Å². The predicted molar refractivity (Wildman–Crippen MR) is 89.3 cm³/mol. The number of ether oxygens (including phenoxy) is 1. The molecule has 0 radical (unpaired) electrons. The highest BCUT2D eigenvalue weighted by Crippen LogP contribution is 2.11. The van der Waals surface area contributed by atoms with Crippen molar-refractivity contribution in [3.05, 3.63) is 29.8 Å². The third-order valence-corrected chi connectivity index (χ3v) is 4.00. The number of nitrogens with one attached hydrogen (secondary N) is 1. The van der Waals surface area contributed by atoms with E-state index in [1.54, 1.807) is 7.11 Å². The lowest BCUT2D eigenvalue weighted by Gasteiger charge is -2.22. The Morgan fingerprint density at radius 3 is 2.68 bits per heavy atom. The normalized spacial score (nSPS) is 16.4. The number of anilines is 1. The van der Waals surface area contributed by atoms with Crippen LogP contribution in [0.5, 0.6) is 0 Å². The standard InChI is InChI=1S/C17H27N3O2/c1-15-5-7-16(8-6-15)18-17(21)20-11-3-9-19(12-13-20)10-4-14-22-2/h5-8H,3-4,9-14H2,1-2H3,(H,18,21). The molecule has 5 nitrogen and oxygen atoms in total. The first-order valence-corrected chi connectivity index (χ1v) is 8.03. The topological polar surface area (TPSA) is 44.8 Å². The maximum absolute atomic E-state index is 12.3. The van der Waals surface area contributed by atoms with Crippen LogP contribution in [0.4, 0.5) is 10.5 Å². The molecule has 122 valence electrons. The van der Waals surface area contributed by atoms with Gasteiger partial charge < -0.3 is 19.9 Å². The third kappa shape index (κ3) is 5.31. The summed E-state index contributed by atoms with van der Waals surface area (Å²) < 4.78 is 5.10. The van der Waals surface area contributed by atoms with Gasteiger partial charge in [0.2, 0.25) is 0 Å². The van der Waals surface area contributed by atoms with Crippen LogP contribution in [0.2, 0.25) is 0 Å². The summed E-state index contributed by atoms with van der Waals surface area (Å²) in [6.07, 6.45) is 2.07. The van der Waals surface area contributed by atoms with Crippen LogP contribution in [0.1, 0.15) is 18.4 Å². The Morgan fingerprint density at radius 2 is 1.95 bits per heavy atom. The van der Waals surface area contributed by atoms with Gasteiger partial charge in [-0.2, -0.15) is 0 Å². The fraction of sp³-hybridized carbons (Fsp3) is 0.588. The summed E-state index contributed by atoms with van der Waals surface area (Å²) >= 11 is 0. The van der Waals surface area contributed by atoms with Gasteiger partial charge in [0, 0.05) is 45.6 Å². The molecule has 1 N–H and O–H groups in total. The number of urea groups is 1. The van der Waals surface area contributed by atoms with Gasteiger partial charge in [0.15, 0.2) is 0 Å². The van der Waals surface area contributed by atoms with Crippen LogP contribution >= 0.6 is 0 Å². The average Bonchev–Trinajstić information content (AvgIpc) is 2.76. The fourth-order valence-corrected chi connectivity index (χ4v) is 2.67. The van der Waals surface area contributed by atoms with Crippen LogP contribution in [0.15, 0.2) is 24.3 Å². The van der Waals surface area contributed by atoms with E-state index in [0.717, 1.165) is 57.9 Å². The average molecular weight is 305 g/mol. The molecule has 0 aliphatic carbocycles. The van der Waals surface area contributed by atoms with E-state index in [1.165, 1.54) is 5.56 Å². The summed E-state index contributed by atoms with van der Waals surface area (Å²) in [6.45, 7) is 7.47. The maximum Gasteiger partial charge on any atom is 0.321 e. The molecule has 1 aliphatic rings. The zero-order chi connectivity index (χ0) is 15.8. The second-order valence-corrected chi connectivity index (χ2v) is 5.82. The molecule has 2 amide bonds. The van der Waals surface area contributed by atoms with E-state index < -0.39 is 0 Å². The Balaban J connectivity index is 1.79. The number of methoxy groups -OCH3 is 1. The Labute approximate surface area is 133 Å². The van der Waals surface area contributed by atoms with E-state index in [4.69, 9.17) is 4.74 Å². The van der Waals surface area contributed by atoms with Crippen molar-refractivity contribution in [3.8, 4) is 0 Å². The van der Waals surface area contributed by atoms with Crippen molar-refractivity contribution in [2.24, 2.45) is 0 Å². The number of carbonyl (C=O) groups is 1. The predicted octanol–water partition coefficient (Wildman–Crippen LogP) is 2.57. The second kappa shape index (κ2) is 8.76. The lowest BCUT2D eigenvalue weighted by atomic mass is 10.2. The minimum absolute atomic E-state index is 0.00240. The van der Waals surface area contributed by atoms with Crippen molar-refractivity contribution in [1.82, 2.24) is 9.80 Å².